The lowest BCUT2D eigenvalue weighted by atomic mass is 10.0. The molecule has 2 heterocycles. The summed E-state index contributed by atoms with van der Waals surface area (Å²) in [4.78, 5) is 5.16. The van der Waals surface area contributed by atoms with Crippen molar-refractivity contribution in [1.29, 1.82) is 0 Å². The molecule has 1 aliphatic rings. The third-order valence-electron chi connectivity index (χ3n) is 4.66. The van der Waals surface area contributed by atoms with Gasteiger partial charge in [0.25, 0.3) is 0 Å². The van der Waals surface area contributed by atoms with Crippen LogP contribution in [0.2, 0.25) is 0 Å². The molecule has 4 aromatic rings. The van der Waals surface area contributed by atoms with Gasteiger partial charge in [-0.1, -0.05) is 24.3 Å². The second kappa shape index (κ2) is 6.16. The van der Waals surface area contributed by atoms with E-state index in [4.69, 9.17) is 4.42 Å². The van der Waals surface area contributed by atoms with Crippen LogP contribution >= 0.6 is 11.8 Å². The Balaban J connectivity index is 1.67. The van der Waals surface area contributed by atoms with Crippen LogP contribution in [0.3, 0.4) is 0 Å². The first kappa shape index (κ1) is 16.4. The molecule has 1 aromatic heterocycles. The maximum Gasteiger partial charge on any atom is 0.230 e. The summed E-state index contributed by atoms with van der Waals surface area (Å²) in [5.74, 6) is -0.623. The number of aromatic nitrogens is 1. The molecule has 0 saturated heterocycles. The summed E-state index contributed by atoms with van der Waals surface area (Å²) in [6, 6.07) is 12.2. The Morgan fingerprint density at radius 3 is 2.59 bits per heavy atom. The Labute approximate surface area is 157 Å². The second-order valence-electron chi connectivity index (χ2n) is 6.31. The predicted octanol–water partition coefficient (Wildman–Crippen LogP) is 6.23. The van der Waals surface area contributed by atoms with Crippen molar-refractivity contribution in [3.63, 3.8) is 0 Å². The van der Waals surface area contributed by atoms with Crippen LogP contribution in [0, 0.1) is 17.5 Å². The van der Waals surface area contributed by atoms with E-state index in [1.165, 1.54) is 24.3 Å². The molecule has 0 fully saturated rings. The standard InChI is InChI=1S/C21H12F3NOS/c22-12-4-1-3-11(9-12)13-5-2-6-15(18(13)23)21-25-16-10-17-14(7-8-27-17)19(24)20(16)26-21/h1-6,9-10H,7-8H2. The molecular weight excluding hydrogens is 371 g/mol. The molecule has 0 spiro atoms. The Morgan fingerprint density at radius 1 is 0.926 bits per heavy atom. The maximum absolute atomic E-state index is 15.1. The van der Waals surface area contributed by atoms with Gasteiger partial charge in [0.05, 0.1) is 5.56 Å². The Bertz CT molecular complexity index is 1200. The molecule has 0 N–H and O–H groups in total. The van der Waals surface area contributed by atoms with Gasteiger partial charge in [0.1, 0.15) is 17.2 Å². The van der Waals surface area contributed by atoms with Gasteiger partial charge in [-0.25, -0.2) is 18.2 Å². The smallest absolute Gasteiger partial charge is 0.230 e. The van der Waals surface area contributed by atoms with Gasteiger partial charge in [-0.05, 0) is 36.2 Å². The van der Waals surface area contributed by atoms with E-state index in [9.17, 15) is 8.78 Å². The molecule has 27 heavy (non-hydrogen) atoms. The fraction of sp³-hybridized carbons (Fsp3) is 0.0952. The average Bonchev–Trinajstić information content (AvgIpc) is 3.29. The molecule has 0 atom stereocenters. The molecular formula is C21H12F3NOS. The van der Waals surface area contributed by atoms with Crippen molar-refractivity contribution in [2.75, 3.05) is 5.75 Å². The van der Waals surface area contributed by atoms with Crippen LogP contribution in [0.25, 0.3) is 33.7 Å². The van der Waals surface area contributed by atoms with Crippen LogP contribution < -0.4 is 0 Å². The van der Waals surface area contributed by atoms with Crippen LogP contribution in [-0.4, -0.2) is 10.7 Å². The third kappa shape index (κ3) is 2.63. The van der Waals surface area contributed by atoms with E-state index in [1.54, 1.807) is 36.0 Å². The summed E-state index contributed by atoms with van der Waals surface area (Å²) in [7, 11) is 0. The van der Waals surface area contributed by atoms with E-state index >= 15 is 4.39 Å². The molecule has 3 aromatic carbocycles. The maximum atomic E-state index is 15.1. The first-order chi connectivity index (χ1) is 13.1. The molecule has 0 aliphatic carbocycles. The summed E-state index contributed by atoms with van der Waals surface area (Å²) in [6.07, 6.45) is 0.640. The lowest BCUT2D eigenvalue weighted by Crippen LogP contribution is -1.90. The highest BCUT2D eigenvalue weighted by Crippen LogP contribution is 2.39. The number of fused-ring (bicyclic) bond motifs is 2. The molecule has 0 radical (unpaired) electrons. The van der Waals surface area contributed by atoms with Crippen LogP contribution in [-0.2, 0) is 6.42 Å². The van der Waals surface area contributed by atoms with Gasteiger partial charge in [-0.15, -0.1) is 11.8 Å². The first-order valence-electron chi connectivity index (χ1n) is 8.41. The Hall–Kier alpha value is -2.73. The topological polar surface area (TPSA) is 26.0 Å². The van der Waals surface area contributed by atoms with Gasteiger partial charge in [0.15, 0.2) is 11.4 Å². The minimum atomic E-state index is -0.586. The van der Waals surface area contributed by atoms with Gasteiger partial charge >= 0.3 is 0 Å². The zero-order valence-corrected chi connectivity index (χ0v) is 14.7. The average molecular weight is 383 g/mol. The zero-order chi connectivity index (χ0) is 18.5. The number of rotatable bonds is 2. The van der Waals surface area contributed by atoms with E-state index < -0.39 is 17.5 Å². The van der Waals surface area contributed by atoms with Crippen LogP contribution in [0.5, 0.6) is 0 Å². The molecule has 2 nitrogen and oxygen atoms in total. The molecule has 1 aliphatic heterocycles. The highest BCUT2D eigenvalue weighted by atomic mass is 32.2. The SMILES string of the molecule is Fc1cccc(-c2cccc(-c3nc4cc5c(c(F)c4o3)CCS5)c2F)c1. The van der Waals surface area contributed by atoms with Crippen LogP contribution in [0.4, 0.5) is 13.2 Å². The van der Waals surface area contributed by atoms with Crippen molar-refractivity contribution in [3.05, 3.63) is 71.5 Å². The van der Waals surface area contributed by atoms with E-state index in [2.05, 4.69) is 4.98 Å². The lowest BCUT2D eigenvalue weighted by Gasteiger charge is -2.06. The van der Waals surface area contributed by atoms with Crippen molar-refractivity contribution in [3.8, 4) is 22.6 Å². The van der Waals surface area contributed by atoms with Crippen molar-refractivity contribution in [2.24, 2.45) is 0 Å². The number of thioether (sulfide) groups is 1. The van der Waals surface area contributed by atoms with Crippen molar-refractivity contribution in [1.82, 2.24) is 4.98 Å². The van der Waals surface area contributed by atoms with Crippen LogP contribution in [0.1, 0.15) is 5.56 Å². The largest absolute Gasteiger partial charge is 0.433 e. The number of benzene rings is 3. The summed E-state index contributed by atoms with van der Waals surface area (Å²) < 4.78 is 48.9. The Kier molecular flexibility index (Phi) is 3.75. The number of nitrogens with zero attached hydrogens (tertiary/aromatic N) is 1. The van der Waals surface area contributed by atoms with E-state index in [0.717, 1.165) is 10.6 Å². The molecule has 134 valence electrons. The minimum absolute atomic E-state index is 0.00771. The summed E-state index contributed by atoms with van der Waals surface area (Å²) in [6.45, 7) is 0. The van der Waals surface area contributed by atoms with Crippen molar-refractivity contribution >= 4 is 22.9 Å². The zero-order valence-electron chi connectivity index (χ0n) is 13.9. The van der Waals surface area contributed by atoms with Gasteiger partial charge < -0.3 is 4.42 Å². The van der Waals surface area contributed by atoms with E-state index in [-0.39, 0.29) is 22.6 Å². The highest BCUT2D eigenvalue weighted by Gasteiger charge is 2.24. The van der Waals surface area contributed by atoms with E-state index in [0.29, 0.717) is 23.1 Å². The highest BCUT2D eigenvalue weighted by molar-refractivity contribution is 7.99. The first-order valence-corrected chi connectivity index (χ1v) is 9.40. The molecule has 6 heteroatoms. The fourth-order valence-electron chi connectivity index (χ4n) is 3.36. The van der Waals surface area contributed by atoms with E-state index in [1.807, 2.05) is 0 Å². The summed E-state index contributed by atoms with van der Waals surface area (Å²) in [5.41, 5.74) is 1.79. The van der Waals surface area contributed by atoms with Gasteiger partial charge in [0.2, 0.25) is 5.89 Å². The normalized spacial score (nSPS) is 13.3. The monoisotopic (exact) mass is 383 g/mol. The number of oxazole rings is 1. The quantitative estimate of drug-likeness (QED) is 0.411. The minimum Gasteiger partial charge on any atom is -0.433 e. The molecule has 0 bridgehead atoms. The molecule has 0 saturated carbocycles. The second-order valence-corrected chi connectivity index (χ2v) is 7.45. The fourth-order valence-corrected chi connectivity index (χ4v) is 4.45. The lowest BCUT2D eigenvalue weighted by molar-refractivity contribution is 0.550. The molecule has 0 amide bonds. The number of halogens is 3. The third-order valence-corrected chi connectivity index (χ3v) is 5.74. The summed E-state index contributed by atoms with van der Waals surface area (Å²) in [5, 5.41) is 0. The Morgan fingerprint density at radius 2 is 1.74 bits per heavy atom. The van der Waals surface area contributed by atoms with Crippen molar-refractivity contribution in [2.45, 2.75) is 11.3 Å². The van der Waals surface area contributed by atoms with Gasteiger partial charge in [-0.3, -0.25) is 0 Å². The predicted molar refractivity (Wildman–Crippen MR) is 99.2 cm³/mol. The molecule has 0 unspecified atom stereocenters. The van der Waals surface area contributed by atoms with Gasteiger partial charge in [-0.2, -0.15) is 0 Å². The number of hydrogen-bond acceptors (Lipinski definition) is 3. The summed E-state index contributed by atoms with van der Waals surface area (Å²) >= 11 is 1.57. The number of hydrogen-bond donors (Lipinski definition) is 0. The van der Waals surface area contributed by atoms with Gasteiger partial charge in [0, 0.05) is 21.8 Å². The van der Waals surface area contributed by atoms with Crippen molar-refractivity contribution < 1.29 is 17.6 Å². The molecule has 5 rings (SSSR count). The van der Waals surface area contributed by atoms with Crippen LogP contribution in [0.15, 0.2) is 57.8 Å².